The third kappa shape index (κ3) is 3.66. The molecule has 138 valence electrons. The Morgan fingerprint density at radius 3 is 2.64 bits per heavy atom. The van der Waals surface area contributed by atoms with Gasteiger partial charge in [-0.1, -0.05) is 43.3 Å². The van der Waals surface area contributed by atoms with E-state index in [1.54, 1.807) is 29.4 Å². The second-order valence-corrected chi connectivity index (χ2v) is 8.71. The first-order valence-electron chi connectivity index (χ1n) is 9.15. The summed E-state index contributed by atoms with van der Waals surface area (Å²) >= 11 is 3.42. The first-order chi connectivity index (χ1) is 13.7. The number of thiophene rings is 1. The van der Waals surface area contributed by atoms with E-state index >= 15 is 0 Å². The summed E-state index contributed by atoms with van der Waals surface area (Å²) < 4.78 is 0. The average molecular weight is 402 g/mol. The SMILES string of the molecule is CCc1ccc(-c2c(C)sc3ncnc(SCc4cccc(C#N)c4)c23)cc1. The largest absolute Gasteiger partial charge is 0.229 e. The summed E-state index contributed by atoms with van der Waals surface area (Å²) in [6.45, 7) is 4.32. The van der Waals surface area contributed by atoms with Crippen LogP contribution in [0.1, 0.15) is 28.5 Å². The van der Waals surface area contributed by atoms with Crippen LogP contribution in [-0.4, -0.2) is 9.97 Å². The molecule has 0 N–H and O–H groups in total. The normalized spacial score (nSPS) is 10.9. The van der Waals surface area contributed by atoms with Crippen molar-refractivity contribution < 1.29 is 0 Å². The van der Waals surface area contributed by atoms with E-state index in [2.05, 4.69) is 60.2 Å². The van der Waals surface area contributed by atoms with E-state index < -0.39 is 0 Å². The molecule has 5 heteroatoms. The lowest BCUT2D eigenvalue weighted by atomic mass is 10.0. The van der Waals surface area contributed by atoms with Crippen LogP contribution < -0.4 is 0 Å². The minimum absolute atomic E-state index is 0.689. The second kappa shape index (κ2) is 8.14. The number of benzene rings is 2. The van der Waals surface area contributed by atoms with Crippen molar-refractivity contribution in [3.05, 3.63) is 76.4 Å². The molecule has 0 atom stereocenters. The highest BCUT2D eigenvalue weighted by atomic mass is 32.2. The zero-order valence-electron chi connectivity index (χ0n) is 15.8. The minimum atomic E-state index is 0.689. The van der Waals surface area contributed by atoms with Crippen molar-refractivity contribution in [2.75, 3.05) is 0 Å². The van der Waals surface area contributed by atoms with Crippen LogP contribution in [0.2, 0.25) is 0 Å². The molecule has 2 aromatic carbocycles. The quantitative estimate of drug-likeness (QED) is 0.287. The Morgan fingerprint density at radius 1 is 1.07 bits per heavy atom. The fourth-order valence-corrected chi connectivity index (χ4v) is 5.29. The lowest BCUT2D eigenvalue weighted by Crippen LogP contribution is -1.89. The van der Waals surface area contributed by atoms with Gasteiger partial charge in [-0.2, -0.15) is 5.26 Å². The Kier molecular flexibility index (Phi) is 5.43. The molecular formula is C23H19N3S2. The van der Waals surface area contributed by atoms with Crippen LogP contribution in [0.5, 0.6) is 0 Å². The maximum atomic E-state index is 9.12. The highest BCUT2D eigenvalue weighted by molar-refractivity contribution is 7.98. The number of aryl methyl sites for hydroxylation is 2. The summed E-state index contributed by atoms with van der Waals surface area (Å²) in [5, 5.41) is 11.2. The molecule has 0 aliphatic heterocycles. The number of hydrogen-bond acceptors (Lipinski definition) is 5. The van der Waals surface area contributed by atoms with Crippen molar-refractivity contribution in [2.24, 2.45) is 0 Å². The van der Waals surface area contributed by atoms with Crippen molar-refractivity contribution in [1.82, 2.24) is 9.97 Å². The third-order valence-corrected chi connectivity index (χ3v) is 6.79. The van der Waals surface area contributed by atoms with E-state index in [4.69, 9.17) is 5.26 Å². The van der Waals surface area contributed by atoms with Crippen molar-refractivity contribution in [2.45, 2.75) is 31.0 Å². The molecule has 2 heterocycles. The summed E-state index contributed by atoms with van der Waals surface area (Å²) in [5.74, 6) is 0.769. The van der Waals surface area contributed by atoms with Crippen LogP contribution in [0, 0.1) is 18.3 Å². The fraction of sp³-hybridized carbons (Fsp3) is 0.174. The van der Waals surface area contributed by atoms with Crippen molar-refractivity contribution in [3.8, 4) is 17.2 Å². The first-order valence-corrected chi connectivity index (χ1v) is 10.9. The van der Waals surface area contributed by atoms with Crippen LogP contribution in [0.25, 0.3) is 21.3 Å². The number of rotatable bonds is 5. The Labute approximate surface area is 173 Å². The van der Waals surface area contributed by atoms with Crippen molar-refractivity contribution in [1.29, 1.82) is 5.26 Å². The summed E-state index contributed by atoms with van der Waals surface area (Å²) in [6.07, 6.45) is 2.69. The van der Waals surface area contributed by atoms with Crippen LogP contribution in [0.3, 0.4) is 0 Å². The maximum absolute atomic E-state index is 9.12. The van der Waals surface area contributed by atoms with E-state index in [0.29, 0.717) is 5.56 Å². The molecule has 0 radical (unpaired) electrons. The van der Waals surface area contributed by atoms with Crippen LogP contribution in [-0.2, 0) is 12.2 Å². The van der Waals surface area contributed by atoms with Gasteiger partial charge in [0.25, 0.3) is 0 Å². The third-order valence-electron chi connectivity index (χ3n) is 4.71. The molecule has 0 bridgehead atoms. The Bertz CT molecular complexity index is 1170. The summed E-state index contributed by atoms with van der Waals surface area (Å²) in [5.41, 5.74) is 5.59. The van der Waals surface area contributed by atoms with E-state index in [0.717, 1.165) is 33.0 Å². The number of fused-ring (bicyclic) bond motifs is 1. The van der Waals surface area contributed by atoms with Gasteiger partial charge in [0.05, 0.1) is 17.0 Å². The molecular weight excluding hydrogens is 382 g/mol. The van der Waals surface area contributed by atoms with Gasteiger partial charge in [-0.15, -0.1) is 23.1 Å². The van der Waals surface area contributed by atoms with E-state index in [1.807, 2.05) is 18.2 Å². The molecule has 0 fully saturated rings. The topological polar surface area (TPSA) is 49.6 Å². The Balaban J connectivity index is 1.73. The van der Waals surface area contributed by atoms with Gasteiger partial charge >= 0.3 is 0 Å². The number of aromatic nitrogens is 2. The van der Waals surface area contributed by atoms with Gasteiger partial charge in [0.1, 0.15) is 16.2 Å². The highest BCUT2D eigenvalue weighted by Crippen LogP contribution is 2.41. The van der Waals surface area contributed by atoms with Crippen LogP contribution in [0.15, 0.2) is 59.9 Å². The summed E-state index contributed by atoms with van der Waals surface area (Å²) in [7, 11) is 0. The predicted octanol–water partition coefficient (Wildman–Crippen LogP) is 6.39. The van der Waals surface area contributed by atoms with Gasteiger partial charge in [0.2, 0.25) is 0 Å². The molecule has 0 aliphatic rings. The smallest absolute Gasteiger partial charge is 0.128 e. The molecule has 3 nitrogen and oxygen atoms in total. The Morgan fingerprint density at radius 2 is 1.89 bits per heavy atom. The van der Waals surface area contributed by atoms with E-state index in [-0.39, 0.29) is 0 Å². The molecule has 0 unspecified atom stereocenters. The zero-order chi connectivity index (χ0) is 19.5. The minimum Gasteiger partial charge on any atom is -0.229 e. The highest BCUT2D eigenvalue weighted by Gasteiger charge is 2.17. The molecule has 4 aromatic rings. The number of nitriles is 1. The van der Waals surface area contributed by atoms with Gasteiger partial charge in [0, 0.05) is 16.2 Å². The zero-order valence-corrected chi connectivity index (χ0v) is 17.4. The molecule has 0 spiro atoms. The maximum Gasteiger partial charge on any atom is 0.128 e. The molecule has 0 aliphatic carbocycles. The second-order valence-electron chi connectivity index (χ2n) is 6.54. The number of thioether (sulfide) groups is 1. The first kappa shape index (κ1) is 18.7. The molecule has 0 amide bonds. The van der Waals surface area contributed by atoms with Gasteiger partial charge in [0.15, 0.2) is 0 Å². The molecule has 2 aromatic heterocycles. The van der Waals surface area contributed by atoms with Crippen molar-refractivity contribution in [3.63, 3.8) is 0 Å². The van der Waals surface area contributed by atoms with Gasteiger partial charge in [-0.25, -0.2) is 9.97 Å². The lowest BCUT2D eigenvalue weighted by molar-refractivity contribution is 1.11. The van der Waals surface area contributed by atoms with Crippen LogP contribution >= 0.6 is 23.1 Å². The van der Waals surface area contributed by atoms with E-state index in [9.17, 15) is 0 Å². The Hall–Kier alpha value is -2.68. The molecule has 0 saturated heterocycles. The van der Waals surface area contributed by atoms with Crippen LogP contribution in [0.4, 0.5) is 0 Å². The van der Waals surface area contributed by atoms with E-state index in [1.165, 1.54) is 21.6 Å². The summed E-state index contributed by atoms with van der Waals surface area (Å²) in [4.78, 5) is 11.4. The summed E-state index contributed by atoms with van der Waals surface area (Å²) in [6, 6.07) is 18.7. The van der Waals surface area contributed by atoms with Gasteiger partial charge in [-0.3, -0.25) is 0 Å². The lowest BCUT2D eigenvalue weighted by Gasteiger charge is -2.07. The van der Waals surface area contributed by atoms with Gasteiger partial charge in [-0.05, 0) is 42.2 Å². The average Bonchev–Trinajstić information content (AvgIpc) is 3.08. The molecule has 0 saturated carbocycles. The van der Waals surface area contributed by atoms with Gasteiger partial charge < -0.3 is 0 Å². The number of hydrogen-bond donors (Lipinski definition) is 0. The van der Waals surface area contributed by atoms with Crippen molar-refractivity contribution >= 4 is 33.3 Å². The molecule has 28 heavy (non-hydrogen) atoms. The standard InChI is InChI=1S/C23H19N3S2/c1-3-16-7-9-19(10-8-16)20-15(2)28-23-21(20)22(25-14-26-23)27-13-18-6-4-5-17(11-18)12-24/h4-11,14H,3,13H2,1-2H3. The monoisotopic (exact) mass is 401 g/mol. The molecule has 4 rings (SSSR count). The predicted molar refractivity (Wildman–Crippen MR) is 118 cm³/mol. The number of nitrogens with zero attached hydrogens (tertiary/aromatic N) is 3. The fourth-order valence-electron chi connectivity index (χ4n) is 3.26.